The van der Waals surface area contributed by atoms with Crippen LogP contribution in [0.25, 0.3) is 0 Å². The normalized spacial score (nSPS) is 10.0. The van der Waals surface area contributed by atoms with E-state index in [0.29, 0.717) is 0 Å². The van der Waals surface area contributed by atoms with E-state index in [0.717, 1.165) is 12.3 Å². The first-order chi connectivity index (χ1) is 6.22. The summed E-state index contributed by atoms with van der Waals surface area (Å²) >= 11 is 6.50. The topological polar surface area (TPSA) is 20.2 Å². The third kappa shape index (κ3) is 20.2. The summed E-state index contributed by atoms with van der Waals surface area (Å²) in [4.78, 5) is 9.38. The summed E-state index contributed by atoms with van der Waals surface area (Å²) in [7, 11) is -0.592. The average Bonchev–Trinajstić information content (AvgIpc) is 2.12. The Morgan fingerprint density at radius 3 is 1.62 bits per heavy atom. The van der Waals surface area contributed by atoms with Crippen LogP contribution >= 0.6 is 35.1 Å². The molecule has 0 radical (unpaired) electrons. The maximum atomic E-state index is 9.38. The van der Waals surface area contributed by atoms with Crippen LogP contribution in [0.5, 0.6) is 0 Å². The summed E-state index contributed by atoms with van der Waals surface area (Å²) < 4.78 is 0. The van der Waals surface area contributed by atoms with Gasteiger partial charge in [-0.05, 0) is 25.2 Å². The van der Waals surface area contributed by atoms with Crippen molar-refractivity contribution in [3.8, 4) is 0 Å². The van der Waals surface area contributed by atoms with Crippen LogP contribution in [0.4, 0.5) is 0 Å². The van der Waals surface area contributed by atoms with Gasteiger partial charge in [0.15, 0.2) is 0 Å². The third-order valence-corrected chi connectivity index (χ3v) is 3.20. The average molecular weight is 514 g/mol. The SMILES string of the molecule is CCCCP(O)CCCC.[Br][Ir][Br]. The van der Waals surface area contributed by atoms with Crippen molar-refractivity contribution in [2.75, 3.05) is 12.3 Å². The summed E-state index contributed by atoms with van der Waals surface area (Å²) in [5.41, 5.74) is 0. The molecule has 1 N–H and O–H groups in total. The van der Waals surface area contributed by atoms with Crippen LogP contribution in [0.15, 0.2) is 0 Å². The first-order valence-electron chi connectivity index (χ1n) is 4.50. The van der Waals surface area contributed by atoms with Crippen molar-refractivity contribution in [1.82, 2.24) is 0 Å². The molecule has 0 aliphatic heterocycles. The van der Waals surface area contributed by atoms with Gasteiger partial charge in [-0.3, -0.25) is 0 Å². The fraction of sp³-hybridized carbons (Fsp3) is 1.00. The van der Waals surface area contributed by atoms with E-state index in [2.05, 4.69) is 40.8 Å². The van der Waals surface area contributed by atoms with E-state index in [9.17, 15) is 4.89 Å². The zero-order valence-electron chi connectivity index (χ0n) is 8.23. The molecule has 85 valence electrons. The molecule has 5 heteroatoms. The summed E-state index contributed by atoms with van der Waals surface area (Å²) in [6.07, 6.45) is 6.95. The Morgan fingerprint density at radius 1 is 1.08 bits per heavy atom. The van der Waals surface area contributed by atoms with Gasteiger partial charge >= 0.3 is 40.7 Å². The fourth-order valence-electron chi connectivity index (χ4n) is 0.793. The van der Waals surface area contributed by atoms with Gasteiger partial charge in [0, 0.05) is 8.15 Å². The van der Waals surface area contributed by atoms with Crippen molar-refractivity contribution in [2.24, 2.45) is 0 Å². The number of halogens is 2. The van der Waals surface area contributed by atoms with Gasteiger partial charge in [-0.15, -0.1) is 0 Å². The molecular weight excluding hydrogens is 495 g/mol. The molecule has 0 unspecified atom stereocenters. The predicted molar refractivity (Wildman–Crippen MR) is 66.5 cm³/mol. The van der Waals surface area contributed by atoms with Gasteiger partial charge in [-0.25, -0.2) is 0 Å². The monoisotopic (exact) mass is 513 g/mol. The molecule has 0 amide bonds. The molecule has 0 fully saturated rings. The molecule has 0 aromatic carbocycles. The van der Waals surface area contributed by atoms with Gasteiger partial charge in [0.2, 0.25) is 0 Å². The molecule has 0 rings (SSSR count). The van der Waals surface area contributed by atoms with Crippen LogP contribution in [-0.2, 0) is 13.7 Å². The molecule has 0 heterocycles. The summed E-state index contributed by atoms with van der Waals surface area (Å²) in [5, 5.41) is 0. The zero-order valence-corrected chi connectivity index (χ0v) is 14.7. The van der Waals surface area contributed by atoms with E-state index in [-0.39, 0.29) is 13.7 Å². The van der Waals surface area contributed by atoms with E-state index in [4.69, 9.17) is 0 Å². The van der Waals surface area contributed by atoms with E-state index in [1.807, 2.05) is 0 Å². The maximum absolute atomic E-state index is 9.38. The quantitative estimate of drug-likeness (QED) is 0.512. The van der Waals surface area contributed by atoms with Crippen LogP contribution < -0.4 is 0 Å². The molecule has 0 spiro atoms. The Hall–Kier alpha value is 2.00. The molecule has 1 nitrogen and oxygen atoms in total. The standard InChI is InChI=1S/C8H19OP.2BrH.Ir/c1-3-5-7-10(9)8-6-4-2;;;/h9H,3-8H2,1-2H3;2*1H;/q;;;+2/p-2. The molecule has 0 aliphatic carbocycles. The number of hydrogen-bond acceptors (Lipinski definition) is 1. The molecule has 0 aromatic rings. The van der Waals surface area contributed by atoms with E-state index >= 15 is 0 Å². The van der Waals surface area contributed by atoms with Crippen molar-refractivity contribution in [3.63, 3.8) is 0 Å². The minimum atomic E-state index is -0.592. The molecule has 0 atom stereocenters. The molecule has 0 aromatic heterocycles. The van der Waals surface area contributed by atoms with Gasteiger partial charge < -0.3 is 4.89 Å². The molecule has 0 saturated carbocycles. The molecular formula is C8H19Br2IrOP. The van der Waals surface area contributed by atoms with Crippen molar-refractivity contribution in [3.05, 3.63) is 0 Å². The second-order valence-electron chi connectivity index (χ2n) is 2.71. The van der Waals surface area contributed by atoms with Gasteiger partial charge in [0.25, 0.3) is 0 Å². The van der Waals surface area contributed by atoms with E-state index < -0.39 is 8.15 Å². The molecule has 0 saturated heterocycles. The Bertz CT molecular complexity index is 80.5. The summed E-state index contributed by atoms with van der Waals surface area (Å²) in [6.45, 7) is 4.34. The van der Waals surface area contributed by atoms with Gasteiger partial charge in [0.1, 0.15) is 0 Å². The third-order valence-electron chi connectivity index (χ3n) is 1.54. The zero-order chi connectivity index (χ0) is 10.5. The number of rotatable bonds is 6. The molecule has 0 aliphatic rings. The predicted octanol–water partition coefficient (Wildman–Crippen LogP) is 4.66. The first-order valence-corrected chi connectivity index (χ1v) is 16.6. The van der Waals surface area contributed by atoms with Crippen molar-refractivity contribution in [1.29, 1.82) is 0 Å². The van der Waals surface area contributed by atoms with Crippen LogP contribution in [0, 0.1) is 0 Å². The van der Waals surface area contributed by atoms with Gasteiger partial charge in [-0.1, -0.05) is 26.7 Å². The fourth-order valence-corrected chi connectivity index (χ4v) is 2.38. The molecule has 13 heavy (non-hydrogen) atoms. The van der Waals surface area contributed by atoms with Crippen LogP contribution in [0.1, 0.15) is 39.5 Å². The van der Waals surface area contributed by atoms with Crippen LogP contribution in [-0.4, -0.2) is 17.2 Å². The second kappa shape index (κ2) is 16.4. The van der Waals surface area contributed by atoms with Crippen molar-refractivity contribution in [2.45, 2.75) is 39.5 Å². The Labute approximate surface area is 105 Å². The van der Waals surface area contributed by atoms with Crippen LogP contribution in [0.2, 0.25) is 0 Å². The number of hydrogen-bond donors (Lipinski definition) is 1. The van der Waals surface area contributed by atoms with Gasteiger partial charge in [-0.2, -0.15) is 0 Å². The summed E-state index contributed by atoms with van der Waals surface area (Å²) in [5.74, 6) is 0. The second-order valence-corrected chi connectivity index (χ2v) is 15.1. The Morgan fingerprint density at radius 2 is 1.38 bits per heavy atom. The van der Waals surface area contributed by atoms with Gasteiger partial charge in [0.05, 0.1) is 0 Å². The van der Waals surface area contributed by atoms with Crippen LogP contribution in [0.3, 0.4) is 0 Å². The van der Waals surface area contributed by atoms with E-state index in [1.54, 1.807) is 0 Å². The number of unbranched alkanes of at least 4 members (excludes halogenated alkanes) is 2. The molecule has 0 bridgehead atoms. The van der Waals surface area contributed by atoms with E-state index in [1.165, 1.54) is 25.7 Å². The Kier molecular flexibility index (Phi) is 22.0. The Balaban J connectivity index is 0. The first kappa shape index (κ1) is 17.4. The van der Waals surface area contributed by atoms with Crippen molar-refractivity contribution < 1.29 is 18.6 Å². The minimum absolute atomic E-state index is 0.125. The summed E-state index contributed by atoms with van der Waals surface area (Å²) in [6, 6.07) is 0. The van der Waals surface area contributed by atoms with Crippen molar-refractivity contribution >= 4 is 35.1 Å².